The summed E-state index contributed by atoms with van der Waals surface area (Å²) >= 11 is 0. The van der Waals surface area contributed by atoms with Gasteiger partial charge in [-0.05, 0) is 85.6 Å². The number of aromatic nitrogens is 4. The average Bonchev–Trinajstić information content (AvgIpc) is 3.65. The summed E-state index contributed by atoms with van der Waals surface area (Å²) in [5.41, 5.74) is 9.93. The van der Waals surface area contributed by atoms with Gasteiger partial charge in [0.25, 0.3) is 0 Å². The van der Waals surface area contributed by atoms with Gasteiger partial charge in [0.05, 0.1) is 22.8 Å². The Kier molecular flexibility index (Phi) is 7.14. The Morgan fingerprint density at radius 3 is 1.42 bits per heavy atom. The molecule has 0 fully saturated rings. The van der Waals surface area contributed by atoms with Crippen LogP contribution in [0, 0.1) is 0 Å². The lowest BCUT2D eigenvalue weighted by Gasteiger charge is -2.15. The number of hydrogen-bond acceptors (Lipinski definition) is 3. The maximum absolute atomic E-state index is 5.33. The first kappa shape index (κ1) is 31.1. The molecule has 3 aromatic heterocycles. The summed E-state index contributed by atoms with van der Waals surface area (Å²) < 4.78 is 2.21. The zero-order valence-corrected chi connectivity index (χ0v) is 29.8. The number of imidazole rings is 1. The molecule has 0 atom stereocenters. The standard InChI is InChI=1S/C51H32N4/c1-4-14-36-29-39(23-20-33(36)11-1)46-32-47(40-24-21-34-12-2-5-15-37(34)30-40)53-51(52-46)45-27-26-44(42-17-7-8-18-43(42)45)50-49(54-48-19-9-10-28-55(48)50)41-25-22-35-13-3-6-16-38(35)31-41/h1-32H. The zero-order chi connectivity index (χ0) is 36.3. The van der Waals surface area contributed by atoms with Crippen molar-refractivity contribution in [3.63, 3.8) is 0 Å². The largest absolute Gasteiger partial charge is 0.299 e. The predicted octanol–water partition coefficient (Wildman–Crippen LogP) is 13.1. The van der Waals surface area contributed by atoms with E-state index in [9.17, 15) is 0 Å². The highest BCUT2D eigenvalue weighted by Gasteiger charge is 2.21. The van der Waals surface area contributed by atoms with E-state index in [1.807, 2.05) is 6.07 Å². The smallest absolute Gasteiger partial charge is 0.161 e. The van der Waals surface area contributed by atoms with Crippen molar-refractivity contribution in [1.82, 2.24) is 19.4 Å². The average molecular weight is 701 g/mol. The van der Waals surface area contributed by atoms with Crippen molar-refractivity contribution in [1.29, 1.82) is 0 Å². The van der Waals surface area contributed by atoms with Crippen molar-refractivity contribution in [3.8, 4) is 56.4 Å². The van der Waals surface area contributed by atoms with Crippen LogP contribution in [-0.4, -0.2) is 19.4 Å². The molecule has 11 rings (SSSR count). The molecule has 0 aliphatic carbocycles. The van der Waals surface area contributed by atoms with Crippen LogP contribution in [0.3, 0.4) is 0 Å². The van der Waals surface area contributed by atoms with E-state index in [0.717, 1.165) is 67.0 Å². The third kappa shape index (κ3) is 5.34. The fraction of sp³-hybridized carbons (Fsp3) is 0. The van der Waals surface area contributed by atoms with Crippen molar-refractivity contribution in [2.24, 2.45) is 0 Å². The van der Waals surface area contributed by atoms with Crippen molar-refractivity contribution < 1.29 is 0 Å². The Morgan fingerprint density at radius 2 is 0.818 bits per heavy atom. The molecule has 0 saturated heterocycles. The fourth-order valence-corrected chi connectivity index (χ4v) is 8.05. The molecule has 4 heteroatoms. The first-order valence-corrected chi connectivity index (χ1v) is 18.6. The summed E-state index contributed by atoms with van der Waals surface area (Å²) in [6.07, 6.45) is 2.11. The Bertz CT molecular complexity index is 3190. The molecule has 0 spiro atoms. The lowest BCUT2D eigenvalue weighted by atomic mass is 9.94. The molecule has 0 N–H and O–H groups in total. The number of nitrogens with zero attached hydrogens (tertiary/aromatic N) is 4. The van der Waals surface area contributed by atoms with Crippen LogP contribution in [-0.2, 0) is 0 Å². The molecule has 11 aromatic rings. The maximum Gasteiger partial charge on any atom is 0.161 e. The Morgan fingerprint density at radius 1 is 0.345 bits per heavy atom. The van der Waals surface area contributed by atoms with Gasteiger partial charge < -0.3 is 0 Å². The van der Waals surface area contributed by atoms with E-state index < -0.39 is 0 Å². The zero-order valence-electron chi connectivity index (χ0n) is 29.8. The number of fused-ring (bicyclic) bond motifs is 5. The highest BCUT2D eigenvalue weighted by atomic mass is 15.0. The molecule has 3 heterocycles. The fourth-order valence-electron chi connectivity index (χ4n) is 8.05. The summed E-state index contributed by atoms with van der Waals surface area (Å²) in [4.78, 5) is 15.9. The molecular weight excluding hydrogens is 669 g/mol. The van der Waals surface area contributed by atoms with Gasteiger partial charge in [-0.15, -0.1) is 0 Å². The van der Waals surface area contributed by atoms with Crippen LogP contribution in [0.4, 0.5) is 0 Å². The Balaban J connectivity index is 1.13. The van der Waals surface area contributed by atoms with Gasteiger partial charge in [-0.1, -0.05) is 146 Å². The molecule has 4 nitrogen and oxygen atoms in total. The topological polar surface area (TPSA) is 43.1 Å². The first-order valence-electron chi connectivity index (χ1n) is 18.6. The van der Waals surface area contributed by atoms with E-state index >= 15 is 0 Å². The second-order valence-electron chi connectivity index (χ2n) is 14.1. The van der Waals surface area contributed by atoms with E-state index in [-0.39, 0.29) is 0 Å². The van der Waals surface area contributed by atoms with Gasteiger partial charge in [-0.3, -0.25) is 4.40 Å². The molecule has 55 heavy (non-hydrogen) atoms. The van der Waals surface area contributed by atoms with Crippen LogP contribution in [0.15, 0.2) is 194 Å². The first-order chi connectivity index (χ1) is 27.2. The van der Waals surface area contributed by atoms with Crippen molar-refractivity contribution in [3.05, 3.63) is 194 Å². The van der Waals surface area contributed by atoms with Gasteiger partial charge in [-0.2, -0.15) is 0 Å². The minimum Gasteiger partial charge on any atom is -0.299 e. The van der Waals surface area contributed by atoms with Crippen LogP contribution in [0.25, 0.3) is 105 Å². The van der Waals surface area contributed by atoms with Crippen molar-refractivity contribution in [2.45, 2.75) is 0 Å². The molecule has 0 amide bonds. The predicted molar refractivity (Wildman–Crippen MR) is 228 cm³/mol. The second kappa shape index (κ2) is 12.6. The van der Waals surface area contributed by atoms with E-state index in [0.29, 0.717) is 5.82 Å². The van der Waals surface area contributed by atoms with Gasteiger partial charge in [0.1, 0.15) is 5.65 Å². The van der Waals surface area contributed by atoms with E-state index in [1.54, 1.807) is 0 Å². The molecule has 256 valence electrons. The van der Waals surface area contributed by atoms with Crippen LogP contribution in [0.1, 0.15) is 0 Å². The Labute approximate surface area is 317 Å². The van der Waals surface area contributed by atoms with Gasteiger partial charge in [0, 0.05) is 34.0 Å². The minimum absolute atomic E-state index is 0.685. The van der Waals surface area contributed by atoms with Crippen LogP contribution < -0.4 is 0 Å². The van der Waals surface area contributed by atoms with Gasteiger partial charge in [0.15, 0.2) is 5.82 Å². The molecule has 0 aliphatic rings. The summed E-state index contributed by atoms with van der Waals surface area (Å²) in [6, 6.07) is 66.5. The molecule has 0 radical (unpaired) electrons. The Hall–Kier alpha value is -7.43. The molecule has 8 aromatic carbocycles. The normalized spacial score (nSPS) is 11.6. The van der Waals surface area contributed by atoms with Crippen molar-refractivity contribution >= 4 is 48.7 Å². The highest BCUT2D eigenvalue weighted by Crippen LogP contribution is 2.41. The maximum atomic E-state index is 5.33. The van der Waals surface area contributed by atoms with Gasteiger partial charge in [0.2, 0.25) is 0 Å². The monoisotopic (exact) mass is 700 g/mol. The summed E-state index contributed by atoms with van der Waals surface area (Å²) in [6.45, 7) is 0. The molecule has 0 aliphatic heterocycles. The number of pyridine rings is 1. The number of hydrogen-bond donors (Lipinski definition) is 0. The number of rotatable bonds is 5. The number of benzene rings is 8. The van der Waals surface area contributed by atoms with E-state index in [2.05, 4.69) is 193 Å². The SMILES string of the molecule is c1ccc2cc(-c3cc(-c4ccc5ccccc5c4)nc(-c4ccc(-c5c(-c6ccc7ccccc7c6)nc6ccccn56)c5ccccc45)n3)ccc2c1. The summed E-state index contributed by atoms with van der Waals surface area (Å²) in [5.74, 6) is 0.685. The van der Waals surface area contributed by atoms with Crippen LogP contribution in [0.5, 0.6) is 0 Å². The molecule has 0 bridgehead atoms. The highest BCUT2D eigenvalue weighted by molar-refractivity contribution is 6.06. The lowest BCUT2D eigenvalue weighted by molar-refractivity contribution is 1.18. The van der Waals surface area contributed by atoms with E-state index in [1.165, 1.54) is 32.3 Å². The minimum atomic E-state index is 0.685. The lowest BCUT2D eigenvalue weighted by Crippen LogP contribution is -1.98. The molecular formula is C51H32N4. The van der Waals surface area contributed by atoms with Crippen LogP contribution >= 0.6 is 0 Å². The summed E-state index contributed by atoms with van der Waals surface area (Å²) in [5, 5.41) is 9.35. The van der Waals surface area contributed by atoms with Crippen LogP contribution in [0.2, 0.25) is 0 Å². The van der Waals surface area contributed by atoms with Gasteiger partial charge in [-0.25, -0.2) is 15.0 Å². The molecule has 0 unspecified atom stereocenters. The third-order valence-corrected chi connectivity index (χ3v) is 10.8. The summed E-state index contributed by atoms with van der Waals surface area (Å²) in [7, 11) is 0. The van der Waals surface area contributed by atoms with Gasteiger partial charge >= 0.3 is 0 Å². The second-order valence-corrected chi connectivity index (χ2v) is 14.1. The van der Waals surface area contributed by atoms with Crippen molar-refractivity contribution in [2.75, 3.05) is 0 Å². The third-order valence-electron chi connectivity index (χ3n) is 10.8. The van der Waals surface area contributed by atoms with E-state index in [4.69, 9.17) is 15.0 Å². The molecule has 0 saturated carbocycles. The quantitative estimate of drug-likeness (QED) is 0.179.